The van der Waals surface area contributed by atoms with Crippen LogP contribution in [0, 0.1) is 6.92 Å². The van der Waals surface area contributed by atoms with Crippen LogP contribution in [0.4, 0.5) is 0 Å². The predicted molar refractivity (Wildman–Crippen MR) is 71.0 cm³/mol. The summed E-state index contributed by atoms with van der Waals surface area (Å²) >= 11 is 0. The summed E-state index contributed by atoms with van der Waals surface area (Å²) in [4.78, 5) is 24.7. The lowest BCUT2D eigenvalue weighted by atomic mass is 10.4. The Kier molecular flexibility index (Phi) is 5.49. The van der Waals surface area contributed by atoms with Crippen molar-refractivity contribution in [1.29, 1.82) is 0 Å². The third kappa shape index (κ3) is 4.99. The average Bonchev–Trinajstić information content (AvgIpc) is 2.30. The maximum atomic E-state index is 11.4. The lowest BCUT2D eigenvalue weighted by Gasteiger charge is -2.07. The van der Waals surface area contributed by atoms with Crippen molar-refractivity contribution in [3.05, 3.63) is 32.6 Å². The Morgan fingerprint density at radius 2 is 2.00 bits per heavy atom. The summed E-state index contributed by atoms with van der Waals surface area (Å²) < 4.78 is 29.1. The van der Waals surface area contributed by atoms with Gasteiger partial charge in [0.1, 0.15) is 6.73 Å². The van der Waals surface area contributed by atoms with E-state index in [2.05, 4.69) is 4.98 Å². The van der Waals surface area contributed by atoms with Crippen molar-refractivity contribution in [2.75, 3.05) is 18.1 Å². The Balaban J connectivity index is 2.53. The number of aromatic amines is 1. The molecule has 0 aliphatic carbocycles. The fourth-order valence-corrected chi connectivity index (χ4v) is 2.67. The molecule has 0 bridgehead atoms. The second-order valence-corrected chi connectivity index (χ2v) is 6.53. The van der Waals surface area contributed by atoms with Crippen LogP contribution in [0.5, 0.6) is 0 Å². The fourth-order valence-electron chi connectivity index (χ4n) is 1.48. The SMILES string of the molecule is CCCS(=O)(=O)CCOCn1cc(C)c(=O)[nH]c1=O. The molecule has 19 heavy (non-hydrogen) atoms. The van der Waals surface area contributed by atoms with Gasteiger partial charge in [-0.25, -0.2) is 13.2 Å². The van der Waals surface area contributed by atoms with Crippen molar-refractivity contribution >= 4 is 9.84 Å². The highest BCUT2D eigenvalue weighted by Gasteiger charge is 2.09. The Morgan fingerprint density at radius 1 is 1.32 bits per heavy atom. The molecule has 8 heteroatoms. The average molecular weight is 290 g/mol. The molecule has 0 amide bonds. The number of nitrogens with zero attached hydrogens (tertiary/aromatic N) is 1. The highest BCUT2D eigenvalue weighted by molar-refractivity contribution is 7.91. The highest BCUT2D eigenvalue weighted by Crippen LogP contribution is 1.94. The summed E-state index contributed by atoms with van der Waals surface area (Å²) in [6, 6.07) is 0. The van der Waals surface area contributed by atoms with Crippen LogP contribution < -0.4 is 11.2 Å². The smallest absolute Gasteiger partial charge is 0.330 e. The topological polar surface area (TPSA) is 98.2 Å². The first-order chi connectivity index (χ1) is 8.85. The van der Waals surface area contributed by atoms with Gasteiger partial charge in [-0.15, -0.1) is 0 Å². The Hall–Kier alpha value is -1.41. The van der Waals surface area contributed by atoms with Crippen molar-refractivity contribution in [3.8, 4) is 0 Å². The van der Waals surface area contributed by atoms with Crippen LogP contribution in [0.1, 0.15) is 18.9 Å². The molecule has 0 aromatic carbocycles. The molecule has 0 spiro atoms. The zero-order valence-corrected chi connectivity index (χ0v) is 11.8. The van der Waals surface area contributed by atoms with Gasteiger partial charge in [-0.1, -0.05) is 6.92 Å². The van der Waals surface area contributed by atoms with E-state index in [0.29, 0.717) is 12.0 Å². The van der Waals surface area contributed by atoms with E-state index in [4.69, 9.17) is 4.74 Å². The van der Waals surface area contributed by atoms with Crippen molar-refractivity contribution in [2.24, 2.45) is 0 Å². The molecule has 0 aliphatic rings. The Labute approximate surface area is 111 Å². The van der Waals surface area contributed by atoms with Gasteiger partial charge in [-0.2, -0.15) is 0 Å². The number of hydrogen-bond donors (Lipinski definition) is 1. The van der Waals surface area contributed by atoms with E-state index in [9.17, 15) is 18.0 Å². The van der Waals surface area contributed by atoms with E-state index in [1.165, 1.54) is 10.8 Å². The molecular weight excluding hydrogens is 272 g/mol. The molecule has 108 valence electrons. The number of sulfone groups is 1. The van der Waals surface area contributed by atoms with Crippen molar-refractivity contribution < 1.29 is 13.2 Å². The molecule has 0 saturated heterocycles. The molecule has 1 rings (SSSR count). The molecule has 0 atom stereocenters. The Morgan fingerprint density at radius 3 is 2.63 bits per heavy atom. The zero-order valence-electron chi connectivity index (χ0n) is 11.0. The van der Waals surface area contributed by atoms with Gasteiger partial charge in [0.15, 0.2) is 9.84 Å². The first-order valence-corrected chi connectivity index (χ1v) is 7.76. The second-order valence-electron chi connectivity index (χ2n) is 4.23. The summed E-state index contributed by atoms with van der Waals surface area (Å²) in [6.07, 6.45) is 1.95. The second kappa shape index (κ2) is 6.67. The van der Waals surface area contributed by atoms with E-state index in [0.717, 1.165) is 0 Å². The molecule has 7 nitrogen and oxygen atoms in total. The third-order valence-electron chi connectivity index (χ3n) is 2.47. The quantitative estimate of drug-likeness (QED) is 0.692. The summed E-state index contributed by atoms with van der Waals surface area (Å²) in [5.74, 6) is 0.0615. The largest absolute Gasteiger partial charge is 0.360 e. The van der Waals surface area contributed by atoms with Gasteiger partial charge in [-0.05, 0) is 13.3 Å². The van der Waals surface area contributed by atoms with Crippen LogP contribution in [-0.4, -0.2) is 36.1 Å². The first-order valence-electron chi connectivity index (χ1n) is 5.94. The Bertz CT molecular complexity index is 629. The van der Waals surface area contributed by atoms with Gasteiger partial charge in [0.05, 0.1) is 12.4 Å². The van der Waals surface area contributed by atoms with Crippen LogP contribution in [0.2, 0.25) is 0 Å². The van der Waals surface area contributed by atoms with Crippen LogP contribution in [0.3, 0.4) is 0 Å². The predicted octanol–water partition coefficient (Wildman–Crippen LogP) is -0.356. The van der Waals surface area contributed by atoms with Gasteiger partial charge >= 0.3 is 5.69 Å². The lowest BCUT2D eigenvalue weighted by molar-refractivity contribution is 0.0854. The monoisotopic (exact) mass is 290 g/mol. The molecule has 0 aliphatic heterocycles. The van der Waals surface area contributed by atoms with E-state index in [1.807, 2.05) is 0 Å². The number of nitrogens with one attached hydrogen (secondary N) is 1. The molecule has 0 unspecified atom stereocenters. The van der Waals surface area contributed by atoms with Crippen LogP contribution >= 0.6 is 0 Å². The van der Waals surface area contributed by atoms with Crippen molar-refractivity contribution in [2.45, 2.75) is 27.0 Å². The highest BCUT2D eigenvalue weighted by atomic mass is 32.2. The summed E-state index contributed by atoms with van der Waals surface area (Å²) in [6.45, 7) is 3.30. The number of H-pyrrole nitrogens is 1. The summed E-state index contributed by atoms with van der Waals surface area (Å²) in [5, 5.41) is 0. The molecular formula is C11H18N2O5S. The maximum Gasteiger partial charge on any atom is 0.330 e. The van der Waals surface area contributed by atoms with Crippen LogP contribution in [0.15, 0.2) is 15.8 Å². The number of aromatic nitrogens is 2. The summed E-state index contributed by atoms with van der Waals surface area (Å²) in [7, 11) is -3.08. The molecule has 1 aromatic rings. The van der Waals surface area contributed by atoms with E-state index < -0.39 is 21.1 Å². The molecule has 0 fully saturated rings. The minimum absolute atomic E-state index is 0.0208. The maximum absolute atomic E-state index is 11.4. The lowest BCUT2D eigenvalue weighted by Crippen LogP contribution is -2.31. The van der Waals surface area contributed by atoms with E-state index >= 15 is 0 Å². The zero-order chi connectivity index (χ0) is 14.5. The molecule has 1 heterocycles. The van der Waals surface area contributed by atoms with Gasteiger partial charge in [0.25, 0.3) is 5.56 Å². The van der Waals surface area contributed by atoms with E-state index in [1.54, 1.807) is 13.8 Å². The van der Waals surface area contributed by atoms with Gasteiger partial charge < -0.3 is 4.74 Å². The van der Waals surface area contributed by atoms with Gasteiger partial charge in [0, 0.05) is 17.5 Å². The third-order valence-corrected chi connectivity index (χ3v) is 4.29. The molecule has 0 radical (unpaired) electrons. The van der Waals surface area contributed by atoms with E-state index in [-0.39, 0.29) is 24.8 Å². The van der Waals surface area contributed by atoms with Crippen molar-refractivity contribution in [3.63, 3.8) is 0 Å². The minimum atomic E-state index is -3.08. The number of rotatable bonds is 7. The minimum Gasteiger partial charge on any atom is -0.360 e. The van der Waals surface area contributed by atoms with Crippen LogP contribution in [0.25, 0.3) is 0 Å². The molecule has 1 N–H and O–H groups in total. The standard InChI is InChI=1S/C11H18N2O5S/c1-3-5-19(16,17)6-4-18-8-13-7-9(2)10(14)12-11(13)15/h7H,3-6,8H2,1-2H3,(H,12,14,15). The van der Waals surface area contributed by atoms with Gasteiger partial charge in [-0.3, -0.25) is 14.3 Å². The molecule has 0 saturated carbocycles. The van der Waals surface area contributed by atoms with Gasteiger partial charge in [0.2, 0.25) is 0 Å². The normalized spacial score (nSPS) is 11.7. The van der Waals surface area contributed by atoms with Crippen LogP contribution in [-0.2, 0) is 21.3 Å². The molecule has 1 aromatic heterocycles. The number of hydrogen-bond acceptors (Lipinski definition) is 5. The number of ether oxygens (including phenoxy) is 1. The number of aryl methyl sites for hydroxylation is 1. The fraction of sp³-hybridized carbons (Fsp3) is 0.636. The first kappa shape index (κ1) is 15.6. The summed E-state index contributed by atoms with van der Waals surface area (Å²) in [5.41, 5.74) is -0.624. The van der Waals surface area contributed by atoms with Crippen molar-refractivity contribution in [1.82, 2.24) is 9.55 Å².